The van der Waals surface area contributed by atoms with Crippen LogP contribution in [-0.2, 0) is 7.05 Å². The molecule has 0 bridgehead atoms. The van der Waals surface area contributed by atoms with Crippen LogP contribution in [0.4, 0.5) is 0 Å². The monoisotopic (exact) mass is 278 g/mol. The SMILES string of the molecule is Cc1cc(C(=O)N(CC2CCCNC2)C(C)C)n(C)n1. The topological polar surface area (TPSA) is 50.2 Å². The summed E-state index contributed by atoms with van der Waals surface area (Å²) in [7, 11) is 1.83. The zero-order chi connectivity index (χ0) is 14.7. The second-order valence-corrected chi connectivity index (χ2v) is 6.06. The van der Waals surface area contributed by atoms with Gasteiger partial charge in [0.2, 0.25) is 0 Å². The number of piperidine rings is 1. The molecule has 20 heavy (non-hydrogen) atoms. The minimum atomic E-state index is 0.0914. The molecule has 2 rings (SSSR count). The van der Waals surface area contributed by atoms with E-state index in [0.717, 1.165) is 25.3 Å². The second-order valence-electron chi connectivity index (χ2n) is 6.06. The van der Waals surface area contributed by atoms with Gasteiger partial charge >= 0.3 is 0 Å². The molecule has 1 saturated heterocycles. The largest absolute Gasteiger partial charge is 0.335 e. The highest BCUT2D eigenvalue weighted by Crippen LogP contribution is 2.16. The Morgan fingerprint density at radius 3 is 2.85 bits per heavy atom. The summed E-state index contributed by atoms with van der Waals surface area (Å²) in [5.41, 5.74) is 1.57. The molecule has 0 spiro atoms. The Morgan fingerprint density at radius 1 is 1.60 bits per heavy atom. The highest BCUT2D eigenvalue weighted by atomic mass is 16.2. The van der Waals surface area contributed by atoms with Gasteiger partial charge in [0.25, 0.3) is 5.91 Å². The van der Waals surface area contributed by atoms with Crippen molar-refractivity contribution in [2.75, 3.05) is 19.6 Å². The average molecular weight is 278 g/mol. The van der Waals surface area contributed by atoms with Crippen LogP contribution in [0.5, 0.6) is 0 Å². The van der Waals surface area contributed by atoms with E-state index in [4.69, 9.17) is 0 Å². The van der Waals surface area contributed by atoms with Gasteiger partial charge in [-0.15, -0.1) is 0 Å². The maximum absolute atomic E-state index is 12.7. The van der Waals surface area contributed by atoms with Gasteiger partial charge in [-0.3, -0.25) is 9.48 Å². The molecule has 2 heterocycles. The normalized spacial score (nSPS) is 19.4. The lowest BCUT2D eigenvalue weighted by Gasteiger charge is -2.32. The van der Waals surface area contributed by atoms with Gasteiger partial charge in [-0.1, -0.05) is 0 Å². The molecule has 1 N–H and O–H groups in total. The Balaban J connectivity index is 2.11. The molecule has 1 amide bonds. The summed E-state index contributed by atoms with van der Waals surface area (Å²) >= 11 is 0. The first-order valence-corrected chi connectivity index (χ1v) is 7.51. The Bertz CT molecular complexity index is 460. The van der Waals surface area contributed by atoms with Crippen LogP contribution in [-0.4, -0.2) is 46.3 Å². The first kappa shape index (κ1) is 15.0. The first-order valence-electron chi connectivity index (χ1n) is 7.51. The van der Waals surface area contributed by atoms with E-state index < -0.39 is 0 Å². The van der Waals surface area contributed by atoms with Crippen molar-refractivity contribution < 1.29 is 4.79 Å². The first-order chi connectivity index (χ1) is 9.49. The minimum Gasteiger partial charge on any atom is -0.335 e. The van der Waals surface area contributed by atoms with E-state index in [-0.39, 0.29) is 11.9 Å². The van der Waals surface area contributed by atoms with Gasteiger partial charge in [-0.2, -0.15) is 5.10 Å². The summed E-state index contributed by atoms with van der Waals surface area (Å²) in [4.78, 5) is 14.7. The van der Waals surface area contributed by atoms with E-state index in [1.165, 1.54) is 12.8 Å². The van der Waals surface area contributed by atoms with Crippen molar-refractivity contribution in [2.45, 2.75) is 39.7 Å². The number of aromatic nitrogens is 2. The molecule has 0 aromatic carbocycles. The molecule has 0 radical (unpaired) electrons. The van der Waals surface area contributed by atoms with Crippen LogP contribution >= 0.6 is 0 Å². The third-order valence-electron chi connectivity index (χ3n) is 3.96. The number of carbonyl (C=O) groups is 1. The summed E-state index contributed by atoms with van der Waals surface area (Å²) in [6, 6.07) is 2.08. The van der Waals surface area contributed by atoms with Crippen LogP contribution in [0.2, 0.25) is 0 Å². The van der Waals surface area contributed by atoms with Crippen molar-refractivity contribution >= 4 is 5.91 Å². The number of carbonyl (C=O) groups excluding carboxylic acids is 1. The zero-order valence-electron chi connectivity index (χ0n) is 13.0. The van der Waals surface area contributed by atoms with E-state index in [0.29, 0.717) is 11.6 Å². The van der Waals surface area contributed by atoms with E-state index in [1.807, 2.05) is 24.9 Å². The van der Waals surface area contributed by atoms with Gasteiger partial charge in [0.1, 0.15) is 5.69 Å². The van der Waals surface area contributed by atoms with Crippen molar-refractivity contribution in [1.29, 1.82) is 0 Å². The van der Waals surface area contributed by atoms with Gasteiger partial charge in [0.15, 0.2) is 0 Å². The fourth-order valence-corrected chi connectivity index (χ4v) is 2.84. The molecule has 1 aliphatic heterocycles. The summed E-state index contributed by atoms with van der Waals surface area (Å²) in [6.45, 7) is 9.03. The van der Waals surface area contributed by atoms with Crippen LogP contribution in [0.1, 0.15) is 42.9 Å². The van der Waals surface area contributed by atoms with Gasteiger partial charge in [-0.25, -0.2) is 0 Å². The van der Waals surface area contributed by atoms with Gasteiger partial charge in [0.05, 0.1) is 5.69 Å². The number of nitrogens with one attached hydrogen (secondary N) is 1. The van der Waals surface area contributed by atoms with Crippen LogP contribution in [0.15, 0.2) is 6.07 Å². The van der Waals surface area contributed by atoms with Crippen molar-refractivity contribution in [3.8, 4) is 0 Å². The van der Waals surface area contributed by atoms with Crippen LogP contribution in [0.25, 0.3) is 0 Å². The molecule has 0 aliphatic carbocycles. The van der Waals surface area contributed by atoms with Crippen molar-refractivity contribution in [2.24, 2.45) is 13.0 Å². The number of aryl methyl sites for hydroxylation is 2. The zero-order valence-corrected chi connectivity index (χ0v) is 13.0. The number of rotatable bonds is 4. The predicted octanol–water partition coefficient (Wildman–Crippen LogP) is 1.58. The molecule has 5 nitrogen and oxygen atoms in total. The predicted molar refractivity (Wildman–Crippen MR) is 79.7 cm³/mol. The number of hydrogen-bond donors (Lipinski definition) is 1. The highest BCUT2D eigenvalue weighted by Gasteiger charge is 2.25. The summed E-state index contributed by atoms with van der Waals surface area (Å²) < 4.78 is 1.69. The minimum absolute atomic E-state index is 0.0914. The van der Waals surface area contributed by atoms with Crippen molar-refractivity contribution in [3.05, 3.63) is 17.5 Å². The molecule has 1 aliphatic rings. The van der Waals surface area contributed by atoms with Gasteiger partial charge < -0.3 is 10.2 Å². The highest BCUT2D eigenvalue weighted by molar-refractivity contribution is 5.92. The van der Waals surface area contributed by atoms with E-state index in [1.54, 1.807) is 4.68 Å². The van der Waals surface area contributed by atoms with Crippen molar-refractivity contribution in [1.82, 2.24) is 20.0 Å². The lowest BCUT2D eigenvalue weighted by molar-refractivity contribution is 0.0649. The van der Waals surface area contributed by atoms with Gasteiger partial charge in [-0.05, 0) is 58.7 Å². The third-order valence-corrected chi connectivity index (χ3v) is 3.96. The van der Waals surface area contributed by atoms with E-state index >= 15 is 0 Å². The molecule has 1 unspecified atom stereocenters. The molecule has 1 aromatic rings. The van der Waals surface area contributed by atoms with E-state index in [2.05, 4.69) is 24.3 Å². The van der Waals surface area contributed by atoms with Crippen LogP contribution in [0.3, 0.4) is 0 Å². The molecular formula is C15H26N4O. The van der Waals surface area contributed by atoms with Crippen LogP contribution < -0.4 is 5.32 Å². The fourth-order valence-electron chi connectivity index (χ4n) is 2.84. The Labute approximate surface area is 121 Å². The molecule has 1 fully saturated rings. The maximum Gasteiger partial charge on any atom is 0.272 e. The Hall–Kier alpha value is -1.36. The number of amides is 1. The molecule has 112 valence electrons. The molecule has 1 atom stereocenters. The number of nitrogens with zero attached hydrogens (tertiary/aromatic N) is 3. The molecule has 5 heteroatoms. The second kappa shape index (κ2) is 6.39. The summed E-state index contributed by atoms with van der Waals surface area (Å²) in [5, 5.41) is 7.70. The molecule has 1 aromatic heterocycles. The lowest BCUT2D eigenvalue weighted by atomic mass is 9.98. The van der Waals surface area contributed by atoms with Crippen molar-refractivity contribution in [3.63, 3.8) is 0 Å². The Kier molecular flexibility index (Phi) is 4.81. The summed E-state index contributed by atoms with van der Waals surface area (Å²) in [6.07, 6.45) is 2.41. The quantitative estimate of drug-likeness (QED) is 0.909. The third kappa shape index (κ3) is 3.39. The van der Waals surface area contributed by atoms with Gasteiger partial charge in [0, 0.05) is 19.6 Å². The average Bonchev–Trinajstić information content (AvgIpc) is 2.75. The smallest absolute Gasteiger partial charge is 0.272 e. The summed E-state index contributed by atoms with van der Waals surface area (Å²) in [5.74, 6) is 0.651. The lowest BCUT2D eigenvalue weighted by Crippen LogP contribution is -2.44. The maximum atomic E-state index is 12.7. The molecular weight excluding hydrogens is 252 g/mol. The Morgan fingerprint density at radius 2 is 2.35 bits per heavy atom. The fraction of sp³-hybridized carbons (Fsp3) is 0.733. The number of hydrogen-bond acceptors (Lipinski definition) is 3. The molecule has 0 saturated carbocycles. The van der Waals surface area contributed by atoms with Crippen LogP contribution in [0, 0.1) is 12.8 Å². The standard InChI is InChI=1S/C15H26N4O/c1-11(2)19(10-13-6-5-7-16-9-13)15(20)14-8-12(3)17-18(14)4/h8,11,13,16H,5-7,9-10H2,1-4H3. The van der Waals surface area contributed by atoms with E-state index in [9.17, 15) is 4.79 Å².